The van der Waals surface area contributed by atoms with Crippen LogP contribution in [0.5, 0.6) is 5.75 Å². The smallest absolute Gasteiger partial charge is 0.252 e. The lowest BCUT2D eigenvalue weighted by Crippen LogP contribution is -2.50. The number of hydrogen-bond donors (Lipinski definition) is 1. The zero-order valence-corrected chi connectivity index (χ0v) is 13.6. The summed E-state index contributed by atoms with van der Waals surface area (Å²) in [5, 5.41) is 0. The fraction of sp³-hybridized carbons (Fsp3) is 0.500. The molecule has 1 aromatic carbocycles. The van der Waals surface area contributed by atoms with E-state index in [0.717, 1.165) is 0 Å². The number of morpholine rings is 1. The molecule has 2 N–H and O–H groups in total. The van der Waals surface area contributed by atoms with Crippen LogP contribution in [-0.2, 0) is 14.8 Å². The topological polar surface area (TPSA) is 98.9 Å². The van der Waals surface area contributed by atoms with E-state index < -0.39 is 15.9 Å². The Balaban J connectivity index is 2.45. The summed E-state index contributed by atoms with van der Waals surface area (Å²) in [5.41, 5.74) is 5.32. The number of benzene rings is 1. The van der Waals surface area contributed by atoms with Gasteiger partial charge in [-0.15, -0.1) is 0 Å². The predicted octanol–water partition coefficient (Wildman–Crippen LogP) is 0.592. The Morgan fingerprint density at radius 1 is 1.41 bits per heavy atom. The van der Waals surface area contributed by atoms with Crippen LogP contribution >= 0.6 is 0 Å². The molecule has 1 amide bonds. The van der Waals surface area contributed by atoms with E-state index in [-0.39, 0.29) is 34.9 Å². The first-order valence-electron chi connectivity index (χ1n) is 6.88. The number of primary amides is 1. The highest BCUT2D eigenvalue weighted by Crippen LogP contribution is 2.27. The number of carbonyl (C=O) groups is 1. The van der Waals surface area contributed by atoms with E-state index in [9.17, 15) is 13.2 Å². The second-order valence-corrected chi connectivity index (χ2v) is 7.18. The van der Waals surface area contributed by atoms with E-state index in [2.05, 4.69) is 0 Å². The van der Waals surface area contributed by atoms with Crippen LogP contribution in [-0.4, -0.2) is 51.0 Å². The second kappa shape index (κ2) is 6.23. The minimum Gasteiger partial charge on any atom is -0.496 e. The standard InChI is InChI=1S/C14H20N2O5S/c1-9-8-21-10(2)7-16(9)22(18,19)11-4-5-13(20-3)12(6-11)14(15)17/h4-6,9-10H,7-8H2,1-3H3,(H2,15,17)/t9-,10+/m0/s1. The number of sulfonamides is 1. The van der Waals surface area contributed by atoms with Gasteiger partial charge in [0.15, 0.2) is 0 Å². The molecular weight excluding hydrogens is 308 g/mol. The molecule has 2 rings (SSSR count). The Morgan fingerprint density at radius 2 is 2.09 bits per heavy atom. The third-order valence-electron chi connectivity index (χ3n) is 3.59. The average molecular weight is 328 g/mol. The third kappa shape index (κ3) is 3.08. The maximum absolute atomic E-state index is 12.8. The van der Waals surface area contributed by atoms with E-state index in [1.54, 1.807) is 6.92 Å². The SMILES string of the molecule is COc1ccc(S(=O)(=O)N2C[C@@H](C)OC[C@@H]2C)cc1C(N)=O. The van der Waals surface area contributed by atoms with Crippen molar-refractivity contribution >= 4 is 15.9 Å². The van der Waals surface area contributed by atoms with Gasteiger partial charge < -0.3 is 15.2 Å². The molecule has 1 saturated heterocycles. The van der Waals surface area contributed by atoms with Crippen molar-refractivity contribution in [3.8, 4) is 5.75 Å². The van der Waals surface area contributed by atoms with Gasteiger partial charge in [0, 0.05) is 12.6 Å². The maximum Gasteiger partial charge on any atom is 0.252 e. The lowest BCUT2D eigenvalue weighted by Gasteiger charge is -2.35. The van der Waals surface area contributed by atoms with Gasteiger partial charge in [0.25, 0.3) is 5.91 Å². The highest BCUT2D eigenvalue weighted by atomic mass is 32.2. The molecule has 1 fully saturated rings. The van der Waals surface area contributed by atoms with Crippen molar-refractivity contribution in [2.75, 3.05) is 20.3 Å². The van der Waals surface area contributed by atoms with Crippen LogP contribution in [0.15, 0.2) is 23.1 Å². The molecule has 22 heavy (non-hydrogen) atoms. The molecule has 1 aliphatic heterocycles. The average Bonchev–Trinajstić information content (AvgIpc) is 2.48. The molecule has 0 aromatic heterocycles. The van der Waals surface area contributed by atoms with Crippen molar-refractivity contribution in [3.05, 3.63) is 23.8 Å². The lowest BCUT2D eigenvalue weighted by molar-refractivity contribution is -0.0170. The monoisotopic (exact) mass is 328 g/mol. The molecule has 0 saturated carbocycles. The number of rotatable bonds is 4. The van der Waals surface area contributed by atoms with E-state index >= 15 is 0 Å². The summed E-state index contributed by atoms with van der Waals surface area (Å²) in [7, 11) is -2.34. The van der Waals surface area contributed by atoms with Gasteiger partial charge in [-0.25, -0.2) is 8.42 Å². The van der Waals surface area contributed by atoms with E-state index in [1.165, 1.54) is 29.6 Å². The molecule has 1 heterocycles. The lowest BCUT2D eigenvalue weighted by atomic mass is 10.2. The fourth-order valence-corrected chi connectivity index (χ4v) is 4.10. The van der Waals surface area contributed by atoms with Gasteiger partial charge in [-0.1, -0.05) is 0 Å². The van der Waals surface area contributed by atoms with Gasteiger partial charge in [0.1, 0.15) is 5.75 Å². The molecule has 7 nitrogen and oxygen atoms in total. The normalized spacial score (nSPS) is 23.2. The molecule has 0 spiro atoms. The number of ether oxygens (including phenoxy) is 2. The van der Waals surface area contributed by atoms with Crippen LogP contribution in [0.25, 0.3) is 0 Å². The van der Waals surface area contributed by atoms with Gasteiger partial charge in [0.2, 0.25) is 10.0 Å². The van der Waals surface area contributed by atoms with Gasteiger partial charge in [-0.2, -0.15) is 4.31 Å². The zero-order chi connectivity index (χ0) is 16.5. The molecule has 1 aromatic rings. The Bertz CT molecular complexity index is 674. The van der Waals surface area contributed by atoms with Crippen LogP contribution in [0.2, 0.25) is 0 Å². The van der Waals surface area contributed by atoms with Gasteiger partial charge in [0.05, 0.1) is 30.3 Å². The Labute approximate surface area is 130 Å². The minimum absolute atomic E-state index is 0.0167. The number of hydrogen-bond acceptors (Lipinski definition) is 5. The summed E-state index contributed by atoms with van der Waals surface area (Å²) in [6.45, 7) is 4.19. The largest absolute Gasteiger partial charge is 0.496 e. The van der Waals surface area contributed by atoms with Crippen molar-refractivity contribution in [1.29, 1.82) is 0 Å². The molecule has 0 aliphatic carbocycles. The summed E-state index contributed by atoms with van der Waals surface area (Å²) in [6.07, 6.45) is -0.181. The summed E-state index contributed by atoms with van der Waals surface area (Å²) < 4.78 is 37.5. The molecule has 0 unspecified atom stereocenters. The summed E-state index contributed by atoms with van der Waals surface area (Å²) in [6, 6.07) is 3.82. The van der Waals surface area contributed by atoms with Gasteiger partial charge in [-0.3, -0.25) is 4.79 Å². The number of nitrogens with zero attached hydrogens (tertiary/aromatic N) is 1. The first-order valence-corrected chi connectivity index (χ1v) is 8.32. The van der Waals surface area contributed by atoms with Crippen molar-refractivity contribution in [2.45, 2.75) is 30.9 Å². The van der Waals surface area contributed by atoms with E-state index in [1.807, 2.05) is 6.92 Å². The Hall–Kier alpha value is -1.64. The quantitative estimate of drug-likeness (QED) is 0.872. The number of nitrogens with two attached hydrogens (primary N) is 1. The summed E-state index contributed by atoms with van der Waals surface area (Å²) in [5.74, 6) is -0.493. The van der Waals surface area contributed by atoms with Crippen molar-refractivity contribution in [3.63, 3.8) is 0 Å². The van der Waals surface area contributed by atoms with Crippen LogP contribution in [0, 0.1) is 0 Å². The molecule has 0 radical (unpaired) electrons. The summed E-state index contributed by atoms with van der Waals surface area (Å²) in [4.78, 5) is 11.5. The number of amides is 1. The molecule has 1 aliphatic rings. The number of carbonyl (C=O) groups excluding carboxylic acids is 1. The second-order valence-electron chi connectivity index (χ2n) is 5.29. The van der Waals surface area contributed by atoms with E-state index in [4.69, 9.17) is 15.2 Å². The zero-order valence-electron chi connectivity index (χ0n) is 12.8. The minimum atomic E-state index is -3.74. The van der Waals surface area contributed by atoms with Crippen LogP contribution in [0.1, 0.15) is 24.2 Å². The maximum atomic E-state index is 12.8. The van der Waals surface area contributed by atoms with Crippen molar-refractivity contribution < 1.29 is 22.7 Å². The molecule has 2 atom stereocenters. The van der Waals surface area contributed by atoms with Gasteiger partial charge >= 0.3 is 0 Å². The number of methoxy groups -OCH3 is 1. The first kappa shape index (κ1) is 16.7. The van der Waals surface area contributed by atoms with Crippen LogP contribution in [0.4, 0.5) is 0 Å². The van der Waals surface area contributed by atoms with E-state index in [0.29, 0.717) is 6.61 Å². The molecular formula is C14H20N2O5S. The van der Waals surface area contributed by atoms with Crippen LogP contribution < -0.4 is 10.5 Å². The van der Waals surface area contributed by atoms with Crippen LogP contribution in [0.3, 0.4) is 0 Å². The van der Waals surface area contributed by atoms with Crippen molar-refractivity contribution in [1.82, 2.24) is 4.31 Å². The Morgan fingerprint density at radius 3 is 2.68 bits per heavy atom. The molecule has 122 valence electrons. The summed E-state index contributed by atoms with van der Waals surface area (Å²) >= 11 is 0. The third-order valence-corrected chi connectivity index (χ3v) is 5.57. The van der Waals surface area contributed by atoms with Gasteiger partial charge in [-0.05, 0) is 32.0 Å². The highest BCUT2D eigenvalue weighted by molar-refractivity contribution is 7.89. The fourth-order valence-electron chi connectivity index (χ4n) is 2.38. The predicted molar refractivity (Wildman–Crippen MR) is 80.3 cm³/mol. The highest BCUT2D eigenvalue weighted by Gasteiger charge is 2.34. The van der Waals surface area contributed by atoms with Crippen molar-refractivity contribution in [2.24, 2.45) is 5.73 Å². The first-order chi connectivity index (χ1) is 10.3. The Kier molecular flexibility index (Phi) is 4.74. The molecule has 0 bridgehead atoms. The molecule has 8 heteroatoms.